The fourth-order valence-corrected chi connectivity index (χ4v) is 2.23. The Morgan fingerprint density at radius 2 is 1.90 bits per heavy atom. The normalized spacial score (nSPS) is 16.6. The summed E-state index contributed by atoms with van der Waals surface area (Å²) in [7, 11) is 3.16. The van der Waals surface area contributed by atoms with Crippen molar-refractivity contribution in [2.75, 3.05) is 25.7 Å². The number of carbonyl (C=O) groups is 1. The summed E-state index contributed by atoms with van der Waals surface area (Å²) in [5.41, 5.74) is 1.66. The number of methoxy groups -OCH3 is 2. The highest BCUT2D eigenvalue weighted by atomic mass is 16.6. The highest BCUT2D eigenvalue weighted by Gasteiger charge is 2.28. The van der Waals surface area contributed by atoms with Gasteiger partial charge in [-0.15, -0.1) is 0 Å². The minimum absolute atomic E-state index is 0.0698. The molecule has 1 unspecified atom stereocenters. The van der Waals surface area contributed by atoms with Crippen LogP contribution in [-0.2, 0) is 4.74 Å². The number of ether oxygens (including phenoxy) is 3. The molecule has 0 saturated carbocycles. The van der Waals surface area contributed by atoms with Crippen LogP contribution in [0.2, 0.25) is 0 Å². The topological polar surface area (TPSA) is 48.0 Å². The number of carbonyl (C=O) groups excluding carboxylic acids is 1. The van der Waals surface area contributed by atoms with E-state index >= 15 is 0 Å². The van der Waals surface area contributed by atoms with Crippen LogP contribution in [0.25, 0.3) is 6.08 Å². The summed E-state index contributed by atoms with van der Waals surface area (Å²) in [5, 5.41) is 0. The Morgan fingerprint density at radius 1 is 1.25 bits per heavy atom. The van der Waals surface area contributed by atoms with Crippen LogP contribution in [0, 0.1) is 0 Å². The van der Waals surface area contributed by atoms with Crippen molar-refractivity contribution in [3.05, 3.63) is 23.8 Å². The first kappa shape index (κ1) is 14.2. The van der Waals surface area contributed by atoms with Gasteiger partial charge in [-0.25, -0.2) is 4.79 Å². The van der Waals surface area contributed by atoms with Crippen molar-refractivity contribution in [1.82, 2.24) is 0 Å². The number of hydrogen-bond donors (Lipinski definition) is 0. The Morgan fingerprint density at radius 3 is 2.50 bits per heavy atom. The molecule has 0 spiro atoms. The van der Waals surface area contributed by atoms with E-state index in [1.807, 2.05) is 25.1 Å². The zero-order valence-corrected chi connectivity index (χ0v) is 12.2. The second kappa shape index (κ2) is 5.86. The van der Waals surface area contributed by atoms with Gasteiger partial charge < -0.3 is 14.2 Å². The Kier molecular flexibility index (Phi) is 4.17. The molecular formula is C15H19NO4. The Balaban J connectivity index is 2.50. The lowest BCUT2D eigenvalue weighted by molar-refractivity contribution is 0.158. The van der Waals surface area contributed by atoms with Crippen LogP contribution in [-0.4, -0.2) is 33.0 Å². The third-order valence-electron chi connectivity index (χ3n) is 3.22. The van der Waals surface area contributed by atoms with Gasteiger partial charge >= 0.3 is 6.09 Å². The van der Waals surface area contributed by atoms with Gasteiger partial charge in [0.2, 0.25) is 0 Å². The molecule has 0 fully saturated rings. The molecule has 5 heteroatoms. The zero-order valence-electron chi connectivity index (χ0n) is 12.2. The average Bonchev–Trinajstić information content (AvgIpc) is 2.45. The van der Waals surface area contributed by atoms with Crippen LogP contribution in [0.4, 0.5) is 10.5 Å². The summed E-state index contributed by atoms with van der Waals surface area (Å²) < 4.78 is 15.7. The number of fused-ring (bicyclic) bond motifs is 1. The first-order valence-corrected chi connectivity index (χ1v) is 6.52. The van der Waals surface area contributed by atoms with Crippen LogP contribution >= 0.6 is 0 Å². The van der Waals surface area contributed by atoms with Gasteiger partial charge in [-0.1, -0.05) is 12.2 Å². The van der Waals surface area contributed by atoms with Crippen molar-refractivity contribution in [1.29, 1.82) is 0 Å². The van der Waals surface area contributed by atoms with E-state index in [1.165, 1.54) is 0 Å². The Hall–Kier alpha value is -2.17. The maximum absolute atomic E-state index is 12.1. The maximum atomic E-state index is 12.1. The molecule has 1 aliphatic heterocycles. The fourth-order valence-electron chi connectivity index (χ4n) is 2.23. The zero-order chi connectivity index (χ0) is 14.7. The highest BCUT2D eigenvalue weighted by molar-refractivity contribution is 5.94. The average molecular weight is 277 g/mol. The Bertz CT molecular complexity index is 539. The summed E-state index contributed by atoms with van der Waals surface area (Å²) >= 11 is 0. The standard InChI is InChI=1S/C15H19NO4/c1-5-20-15(17)16-10(2)6-7-11-8-13(18-3)14(19-4)9-12(11)16/h6-10H,5H2,1-4H3. The molecule has 20 heavy (non-hydrogen) atoms. The van der Waals surface area contributed by atoms with E-state index < -0.39 is 0 Å². The minimum Gasteiger partial charge on any atom is -0.493 e. The van der Waals surface area contributed by atoms with E-state index in [0.29, 0.717) is 18.1 Å². The molecule has 0 saturated heterocycles. The number of hydrogen-bond acceptors (Lipinski definition) is 4. The van der Waals surface area contributed by atoms with Crippen LogP contribution in [0.5, 0.6) is 11.5 Å². The van der Waals surface area contributed by atoms with Crippen LogP contribution in [0.3, 0.4) is 0 Å². The third-order valence-corrected chi connectivity index (χ3v) is 3.22. The molecule has 0 aromatic heterocycles. The molecular weight excluding hydrogens is 258 g/mol. The van der Waals surface area contributed by atoms with Gasteiger partial charge in [0, 0.05) is 11.6 Å². The quantitative estimate of drug-likeness (QED) is 0.852. The van der Waals surface area contributed by atoms with E-state index in [9.17, 15) is 4.79 Å². The third kappa shape index (κ3) is 2.43. The van der Waals surface area contributed by atoms with Gasteiger partial charge in [0.25, 0.3) is 0 Å². The monoisotopic (exact) mass is 277 g/mol. The molecule has 1 aromatic rings. The highest BCUT2D eigenvalue weighted by Crippen LogP contribution is 2.39. The Labute approximate surface area is 118 Å². The molecule has 1 amide bonds. The number of nitrogens with zero attached hydrogens (tertiary/aromatic N) is 1. The van der Waals surface area contributed by atoms with Crippen LogP contribution < -0.4 is 14.4 Å². The second-order valence-electron chi connectivity index (χ2n) is 4.43. The van der Waals surface area contributed by atoms with Gasteiger partial charge in [0.1, 0.15) is 0 Å². The molecule has 5 nitrogen and oxygen atoms in total. The molecule has 1 aromatic carbocycles. The maximum Gasteiger partial charge on any atom is 0.414 e. The van der Waals surface area contributed by atoms with E-state index in [4.69, 9.17) is 14.2 Å². The molecule has 0 bridgehead atoms. The summed E-state index contributed by atoms with van der Waals surface area (Å²) in [5.74, 6) is 1.22. The van der Waals surface area contributed by atoms with Crippen LogP contribution in [0.15, 0.2) is 18.2 Å². The lowest BCUT2D eigenvalue weighted by Gasteiger charge is -2.31. The first-order chi connectivity index (χ1) is 9.62. The summed E-state index contributed by atoms with van der Waals surface area (Å²) in [6.07, 6.45) is 3.56. The predicted molar refractivity (Wildman–Crippen MR) is 77.5 cm³/mol. The van der Waals surface area contributed by atoms with Gasteiger partial charge in [-0.3, -0.25) is 4.90 Å². The molecule has 0 aliphatic carbocycles. The van der Waals surface area contributed by atoms with E-state index in [2.05, 4.69) is 0 Å². The van der Waals surface area contributed by atoms with Crippen molar-refractivity contribution in [2.45, 2.75) is 19.9 Å². The smallest absolute Gasteiger partial charge is 0.414 e. The molecule has 1 atom stereocenters. The van der Waals surface area contributed by atoms with Crippen LogP contribution in [0.1, 0.15) is 19.4 Å². The van der Waals surface area contributed by atoms with Crippen molar-refractivity contribution in [3.8, 4) is 11.5 Å². The van der Waals surface area contributed by atoms with Gasteiger partial charge in [-0.2, -0.15) is 0 Å². The van der Waals surface area contributed by atoms with Gasteiger partial charge in [-0.05, 0) is 19.9 Å². The number of benzene rings is 1. The largest absolute Gasteiger partial charge is 0.493 e. The van der Waals surface area contributed by atoms with Crippen molar-refractivity contribution in [2.24, 2.45) is 0 Å². The SMILES string of the molecule is CCOC(=O)N1c2cc(OC)c(OC)cc2C=CC1C. The van der Waals surface area contributed by atoms with Gasteiger partial charge in [0.05, 0.1) is 32.6 Å². The van der Waals surface area contributed by atoms with E-state index in [0.717, 1.165) is 11.3 Å². The van der Waals surface area contributed by atoms with Crippen molar-refractivity contribution in [3.63, 3.8) is 0 Å². The van der Waals surface area contributed by atoms with E-state index in [1.54, 1.807) is 32.1 Å². The number of amides is 1. The lowest BCUT2D eigenvalue weighted by Crippen LogP contribution is -2.40. The number of rotatable bonds is 3. The first-order valence-electron chi connectivity index (χ1n) is 6.52. The number of anilines is 1. The molecule has 1 heterocycles. The second-order valence-corrected chi connectivity index (χ2v) is 4.43. The lowest BCUT2D eigenvalue weighted by atomic mass is 10.0. The van der Waals surface area contributed by atoms with Gasteiger partial charge in [0.15, 0.2) is 11.5 Å². The summed E-state index contributed by atoms with van der Waals surface area (Å²) in [6, 6.07) is 3.58. The molecule has 1 aliphatic rings. The van der Waals surface area contributed by atoms with Crippen molar-refractivity contribution >= 4 is 17.9 Å². The summed E-state index contributed by atoms with van der Waals surface area (Å²) in [4.78, 5) is 13.7. The summed E-state index contributed by atoms with van der Waals surface area (Å²) in [6.45, 7) is 4.07. The fraction of sp³-hybridized carbons (Fsp3) is 0.400. The molecule has 0 radical (unpaired) electrons. The van der Waals surface area contributed by atoms with Crippen molar-refractivity contribution < 1.29 is 19.0 Å². The predicted octanol–water partition coefficient (Wildman–Crippen LogP) is 3.08. The minimum atomic E-state index is -0.363. The molecule has 108 valence electrons. The molecule has 2 rings (SSSR count). The molecule has 0 N–H and O–H groups in total. The van der Waals surface area contributed by atoms with E-state index in [-0.39, 0.29) is 12.1 Å².